The molecule has 0 aliphatic rings. The van der Waals surface area contributed by atoms with Gasteiger partial charge < -0.3 is 19.7 Å². The molecule has 2 atom stereocenters. The third-order valence-corrected chi connectivity index (χ3v) is 8.66. The molecule has 9 nitrogen and oxygen atoms in total. The van der Waals surface area contributed by atoms with Gasteiger partial charge in [-0.25, -0.2) is 8.42 Å². The fraction of sp³-hybridized carbons (Fsp3) is 0.355. The molecular formula is C31H39N3O6S. The van der Waals surface area contributed by atoms with Crippen LogP contribution in [0, 0.1) is 6.92 Å². The second-order valence-electron chi connectivity index (χ2n) is 9.87. The van der Waals surface area contributed by atoms with Crippen LogP contribution in [0.2, 0.25) is 0 Å². The molecule has 220 valence electrons. The summed E-state index contributed by atoms with van der Waals surface area (Å²) in [6, 6.07) is 19.2. The molecule has 0 saturated carbocycles. The summed E-state index contributed by atoms with van der Waals surface area (Å²) in [4.78, 5) is 28.7. The Morgan fingerprint density at radius 1 is 0.902 bits per heavy atom. The van der Waals surface area contributed by atoms with Crippen LogP contribution in [0.1, 0.15) is 38.3 Å². The van der Waals surface area contributed by atoms with E-state index in [4.69, 9.17) is 9.47 Å². The van der Waals surface area contributed by atoms with Crippen LogP contribution in [-0.2, 0) is 26.2 Å². The molecule has 41 heavy (non-hydrogen) atoms. The summed E-state index contributed by atoms with van der Waals surface area (Å²) in [5, 5.41) is 2.94. The lowest BCUT2D eigenvalue weighted by atomic mass is 10.1. The van der Waals surface area contributed by atoms with E-state index >= 15 is 0 Å². The van der Waals surface area contributed by atoms with Crippen molar-refractivity contribution in [3.8, 4) is 11.5 Å². The quantitative estimate of drug-likeness (QED) is 0.318. The minimum Gasteiger partial charge on any atom is -0.493 e. The molecule has 0 heterocycles. The molecule has 2 amide bonds. The Hall–Kier alpha value is -4.05. The van der Waals surface area contributed by atoms with Crippen molar-refractivity contribution >= 4 is 27.5 Å². The Morgan fingerprint density at radius 3 is 2.20 bits per heavy atom. The summed E-state index contributed by atoms with van der Waals surface area (Å²) in [7, 11) is -1.26. The highest BCUT2D eigenvalue weighted by atomic mass is 32.2. The number of benzene rings is 3. The van der Waals surface area contributed by atoms with Crippen molar-refractivity contribution in [2.24, 2.45) is 0 Å². The van der Waals surface area contributed by atoms with Crippen LogP contribution >= 0.6 is 0 Å². The summed E-state index contributed by atoms with van der Waals surface area (Å²) < 4.78 is 39.6. The fourth-order valence-corrected chi connectivity index (χ4v) is 5.71. The smallest absolute Gasteiger partial charge is 0.264 e. The van der Waals surface area contributed by atoms with Gasteiger partial charge in [-0.15, -0.1) is 0 Å². The number of carbonyl (C=O) groups is 2. The Bertz CT molecular complexity index is 1450. The normalized spacial score (nSPS) is 12.6. The number of sulfonamides is 1. The zero-order valence-electron chi connectivity index (χ0n) is 24.5. The van der Waals surface area contributed by atoms with Crippen LogP contribution in [0.5, 0.6) is 11.5 Å². The lowest BCUT2D eigenvalue weighted by Gasteiger charge is -2.32. The molecule has 0 fully saturated rings. The average Bonchev–Trinajstić information content (AvgIpc) is 2.98. The van der Waals surface area contributed by atoms with Crippen LogP contribution in [0.15, 0.2) is 77.7 Å². The van der Waals surface area contributed by atoms with Gasteiger partial charge in [0.15, 0.2) is 11.5 Å². The zero-order valence-corrected chi connectivity index (χ0v) is 25.3. The summed E-state index contributed by atoms with van der Waals surface area (Å²) in [5.41, 5.74) is 2.04. The zero-order chi connectivity index (χ0) is 30.2. The minimum atomic E-state index is -4.19. The molecule has 10 heteroatoms. The molecule has 3 aromatic rings. The van der Waals surface area contributed by atoms with Gasteiger partial charge in [0.1, 0.15) is 12.6 Å². The van der Waals surface area contributed by atoms with Gasteiger partial charge in [0.05, 0.1) is 24.8 Å². The van der Waals surface area contributed by atoms with Crippen molar-refractivity contribution in [3.05, 3.63) is 83.9 Å². The van der Waals surface area contributed by atoms with E-state index in [9.17, 15) is 18.0 Å². The maximum Gasteiger partial charge on any atom is 0.264 e. The minimum absolute atomic E-state index is 0.0235. The highest BCUT2D eigenvalue weighted by Gasteiger charge is 2.33. The van der Waals surface area contributed by atoms with Crippen LogP contribution in [0.4, 0.5) is 5.69 Å². The molecule has 0 aliphatic carbocycles. The Kier molecular flexibility index (Phi) is 10.8. The number of anilines is 1. The molecule has 0 aromatic heterocycles. The highest BCUT2D eigenvalue weighted by molar-refractivity contribution is 7.92. The molecule has 0 spiro atoms. The number of rotatable bonds is 13. The number of amides is 2. The number of nitrogens with one attached hydrogen (secondary N) is 1. The van der Waals surface area contributed by atoms with Crippen molar-refractivity contribution in [2.75, 3.05) is 25.1 Å². The summed E-state index contributed by atoms with van der Waals surface area (Å²) in [6.07, 6.45) is 0.729. The second kappa shape index (κ2) is 14.0. The number of ether oxygens (including phenoxy) is 2. The maximum atomic E-state index is 14.1. The number of aryl methyl sites for hydroxylation is 1. The van der Waals surface area contributed by atoms with Gasteiger partial charge in [-0.1, -0.05) is 55.0 Å². The molecule has 0 bridgehead atoms. The van der Waals surface area contributed by atoms with Gasteiger partial charge >= 0.3 is 0 Å². The van der Waals surface area contributed by atoms with Crippen molar-refractivity contribution in [2.45, 2.75) is 57.6 Å². The monoisotopic (exact) mass is 581 g/mol. The van der Waals surface area contributed by atoms with Gasteiger partial charge in [-0.05, 0) is 57.0 Å². The molecular weight excluding hydrogens is 542 g/mol. The predicted octanol–water partition coefficient (Wildman–Crippen LogP) is 4.54. The molecule has 3 aromatic carbocycles. The molecule has 0 unspecified atom stereocenters. The van der Waals surface area contributed by atoms with Gasteiger partial charge in [-0.3, -0.25) is 13.9 Å². The van der Waals surface area contributed by atoms with Crippen molar-refractivity contribution in [1.29, 1.82) is 0 Å². The van der Waals surface area contributed by atoms with Crippen LogP contribution in [-0.4, -0.2) is 58.0 Å². The van der Waals surface area contributed by atoms with E-state index < -0.39 is 28.5 Å². The van der Waals surface area contributed by atoms with E-state index in [0.717, 1.165) is 21.9 Å². The molecule has 1 N–H and O–H groups in total. The van der Waals surface area contributed by atoms with Crippen LogP contribution in [0.3, 0.4) is 0 Å². The number of hydrogen-bond acceptors (Lipinski definition) is 6. The van der Waals surface area contributed by atoms with E-state index in [1.165, 1.54) is 37.3 Å². The highest BCUT2D eigenvalue weighted by Crippen LogP contribution is 2.34. The Morgan fingerprint density at radius 2 is 1.59 bits per heavy atom. The lowest BCUT2D eigenvalue weighted by molar-refractivity contribution is -0.139. The van der Waals surface area contributed by atoms with E-state index in [-0.39, 0.29) is 29.1 Å². The largest absolute Gasteiger partial charge is 0.493 e. The SMILES string of the molecule is CC[C@@H](C)NC(=O)[C@@H](C)N(Cc1cccc(C)c1)C(=O)CN(c1ccc(OC)c(OC)c1)S(=O)(=O)c1ccccc1. The number of hydrogen-bond donors (Lipinski definition) is 1. The average molecular weight is 582 g/mol. The molecule has 0 radical (unpaired) electrons. The first kappa shape index (κ1) is 31.5. The predicted molar refractivity (Wildman–Crippen MR) is 160 cm³/mol. The number of methoxy groups -OCH3 is 2. The molecule has 0 saturated heterocycles. The first-order valence-electron chi connectivity index (χ1n) is 13.5. The van der Waals surface area contributed by atoms with E-state index in [0.29, 0.717) is 11.5 Å². The maximum absolute atomic E-state index is 14.1. The third-order valence-electron chi connectivity index (χ3n) is 6.87. The lowest BCUT2D eigenvalue weighted by Crippen LogP contribution is -2.52. The molecule has 3 rings (SSSR count). The fourth-order valence-electron chi connectivity index (χ4n) is 4.28. The van der Waals surface area contributed by atoms with Crippen molar-refractivity contribution in [1.82, 2.24) is 10.2 Å². The first-order chi connectivity index (χ1) is 19.5. The standard InChI is InChI=1S/C31H39N3O6S/c1-7-23(3)32-31(36)24(4)33(20-25-13-11-12-22(2)18-25)30(35)21-34(41(37,38)27-14-9-8-10-15-27)26-16-17-28(39-5)29(19-26)40-6/h8-19,23-24H,7,20-21H2,1-6H3,(H,32,36)/t23-,24-/m1/s1. The van der Waals surface area contributed by atoms with Crippen molar-refractivity contribution in [3.63, 3.8) is 0 Å². The second-order valence-corrected chi connectivity index (χ2v) is 11.7. The van der Waals surface area contributed by atoms with Gasteiger partial charge in [-0.2, -0.15) is 0 Å². The van der Waals surface area contributed by atoms with E-state index in [1.807, 2.05) is 45.0 Å². The molecule has 0 aliphatic heterocycles. The summed E-state index contributed by atoms with van der Waals surface area (Å²) >= 11 is 0. The third kappa shape index (κ3) is 7.79. The van der Waals surface area contributed by atoms with Gasteiger partial charge in [0, 0.05) is 18.7 Å². The van der Waals surface area contributed by atoms with Crippen LogP contribution in [0.25, 0.3) is 0 Å². The topological polar surface area (TPSA) is 105 Å². The van der Waals surface area contributed by atoms with Gasteiger partial charge in [0.25, 0.3) is 10.0 Å². The summed E-state index contributed by atoms with van der Waals surface area (Å²) in [5.74, 6) is -0.129. The summed E-state index contributed by atoms with van der Waals surface area (Å²) in [6.45, 7) is 7.03. The number of carbonyl (C=O) groups excluding carboxylic acids is 2. The Balaban J connectivity index is 2.07. The number of nitrogens with zero attached hydrogens (tertiary/aromatic N) is 2. The first-order valence-corrected chi connectivity index (χ1v) is 14.9. The van der Waals surface area contributed by atoms with E-state index in [2.05, 4.69) is 5.32 Å². The van der Waals surface area contributed by atoms with Crippen LogP contribution < -0.4 is 19.1 Å². The van der Waals surface area contributed by atoms with Gasteiger partial charge in [0.2, 0.25) is 11.8 Å². The Labute approximate surface area is 243 Å². The van der Waals surface area contributed by atoms with Crippen molar-refractivity contribution < 1.29 is 27.5 Å². The van der Waals surface area contributed by atoms with E-state index in [1.54, 1.807) is 37.3 Å².